The monoisotopic (exact) mass is 304 g/mol. The highest BCUT2D eigenvalue weighted by Crippen LogP contribution is 2.49. The fourth-order valence-corrected chi connectivity index (χ4v) is 3.31. The molecule has 2 aromatic carbocycles. The van der Waals surface area contributed by atoms with E-state index < -0.39 is 5.60 Å². The van der Waals surface area contributed by atoms with Gasteiger partial charge >= 0.3 is 0 Å². The van der Waals surface area contributed by atoms with Crippen LogP contribution < -0.4 is 0 Å². The molecule has 0 spiro atoms. The third kappa shape index (κ3) is 2.69. The van der Waals surface area contributed by atoms with E-state index >= 15 is 0 Å². The van der Waals surface area contributed by atoms with Crippen molar-refractivity contribution in [3.63, 3.8) is 0 Å². The number of rotatable bonds is 5. The van der Waals surface area contributed by atoms with Crippen LogP contribution in [0.2, 0.25) is 0 Å². The maximum atomic E-state index is 6.48. The number of benzene rings is 2. The molecule has 0 aliphatic heterocycles. The first-order chi connectivity index (χ1) is 11.2. The summed E-state index contributed by atoms with van der Waals surface area (Å²) in [6.07, 6.45) is 2.25. The Morgan fingerprint density at radius 1 is 1.00 bits per heavy atom. The Kier molecular flexibility index (Phi) is 4.55. The maximum Gasteiger partial charge on any atom is 0.180 e. The molecule has 0 fully saturated rings. The molecule has 1 atom stereocenters. The predicted octanol–water partition coefficient (Wildman–Crippen LogP) is 5.39. The molecule has 1 unspecified atom stereocenters. The largest absolute Gasteiger partial charge is 0.354 e. The van der Waals surface area contributed by atoms with Crippen molar-refractivity contribution < 1.29 is 4.74 Å². The Balaban J connectivity index is 2.06. The number of fused-ring (bicyclic) bond motifs is 3. The second kappa shape index (κ2) is 6.60. The summed E-state index contributed by atoms with van der Waals surface area (Å²) in [5.41, 5.74) is 4.23. The fourth-order valence-electron chi connectivity index (χ4n) is 3.31. The summed E-state index contributed by atoms with van der Waals surface area (Å²) in [6, 6.07) is 17.0. The van der Waals surface area contributed by atoms with Crippen molar-refractivity contribution in [1.29, 1.82) is 0 Å². The summed E-state index contributed by atoms with van der Waals surface area (Å²) in [5, 5.41) is 0. The smallest absolute Gasteiger partial charge is 0.180 e. The van der Waals surface area contributed by atoms with E-state index in [4.69, 9.17) is 4.74 Å². The summed E-state index contributed by atoms with van der Waals surface area (Å²) in [6.45, 7) is 7.13. The van der Waals surface area contributed by atoms with Crippen LogP contribution in [0.1, 0.15) is 44.7 Å². The molecule has 1 aliphatic carbocycles. The minimum atomic E-state index is -0.616. The molecule has 1 nitrogen and oxygen atoms in total. The van der Waals surface area contributed by atoms with Gasteiger partial charge in [-0.2, -0.15) is 0 Å². The van der Waals surface area contributed by atoms with Gasteiger partial charge in [0.2, 0.25) is 0 Å². The van der Waals surface area contributed by atoms with Gasteiger partial charge in [0, 0.05) is 17.7 Å². The second-order valence-corrected chi connectivity index (χ2v) is 6.30. The van der Waals surface area contributed by atoms with E-state index in [-0.39, 0.29) is 0 Å². The van der Waals surface area contributed by atoms with Gasteiger partial charge < -0.3 is 4.74 Å². The lowest BCUT2D eigenvalue weighted by Crippen LogP contribution is -2.28. The summed E-state index contributed by atoms with van der Waals surface area (Å²) < 4.78 is 6.48. The van der Waals surface area contributed by atoms with Crippen LogP contribution in [0, 0.1) is 17.8 Å². The molecule has 0 aromatic heterocycles. The highest BCUT2D eigenvalue weighted by atomic mass is 16.5. The molecule has 0 bridgehead atoms. The van der Waals surface area contributed by atoms with Crippen LogP contribution in [0.15, 0.2) is 48.5 Å². The Bertz CT molecular complexity index is 702. The highest BCUT2D eigenvalue weighted by molar-refractivity contribution is 5.82. The molecule has 0 N–H and O–H groups in total. The fraction of sp³-hybridized carbons (Fsp3) is 0.364. The van der Waals surface area contributed by atoms with Gasteiger partial charge in [-0.25, -0.2) is 0 Å². The quantitative estimate of drug-likeness (QED) is 0.673. The van der Waals surface area contributed by atoms with Crippen molar-refractivity contribution >= 4 is 0 Å². The Morgan fingerprint density at radius 2 is 1.57 bits per heavy atom. The van der Waals surface area contributed by atoms with Crippen LogP contribution >= 0.6 is 0 Å². The van der Waals surface area contributed by atoms with Gasteiger partial charge in [0.25, 0.3) is 0 Å². The van der Waals surface area contributed by atoms with Crippen LogP contribution in [0.3, 0.4) is 0 Å². The van der Waals surface area contributed by atoms with Crippen LogP contribution in [0.4, 0.5) is 0 Å². The van der Waals surface area contributed by atoms with Crippen LogP contribution in [0.5, 0.6) is 0 Å². The van der Waals surface area contributed by atoms with E-state index in [1.807, 2.05) is 6.92 Å². The van der Waals surface area contributed by atoms with Crippen molar-refractivity contribution in [2.75, 3.05) is 6.61 Å². The van der Waals surface area contributed by atoms with Crippen molar-refractivity contribution in [2.45, 2.75) is 39.2 Å². The zero-order valence-electron chi connectivity index (χ0n) is 14.2. The molecule has 0 amide bonds. The summed E-state index contributed by atoms with van der Waals surface area (Å²) in [7, 11) is 0. The van der Waals surface area contributed by atoms with Gasteiger partial charge in [0.1, 0.15) is 0 Å². The van der Waals surface area contributed by atoms with Gasteiger partial charge in [-0.05, 0) is 30.4 Å². The van der Waals surface area contributed by atoms with Gasteiger partial charge in [-0.15, -0.1) is 5.92 Å². The van der Waals surface area contributed by atoms with E-state index in [1.54, 1.807) is 0 Å². The molecule has 1 aliphatic rings. The first kappa shape index (κ1) is 15.8. The highest BCUT2D eigenvalue weighted by Gasteiger charge is 2.42. The predicted molar refractivity (Wildman–Crippen MR) is 96.1 cm³/mol. The molecule has 1 heteroatoms. The summed E-state index contributed by atoms with van der Waals surface area (Å²) >= 11 is 0. The zero-order valence-corrected chi connectivity index (χ0v) is 14.2. The Morgan fingerprint density at radius 3 is 2.09 bits per heavy atom. The summed E-state index contributed by atoms with van der Waals surface area (Å²) in [5.74, 6) is 7.17. The van der Waals surface area contributed by atoms with E-state index in [2.05, 4.69) is 74.2 Å². The number of hydrogen-bond donors (Lipinski definition) is 0. The maximum absolute atomic E-state index is 6.48. The Labute approximate surface area is 139 Å². The molecule has 2 aromatic rings. The van der Waals surface area contributed by atoms with Gasteiger partial charge in [-0.3, -0.25) is 0 Å². The Hall–Kier alpha value is -2.04. The van der Waals surface area contributed by atoms with Crippen LogP contribution in [-0.4, -0.2) is 6.61 Å². The average Bonchev–Trinajstić information content (AvgIpc) is 2.87. The average molecular weight is 304 g/mol. The third-order valence-corrected chi connectivity index (χ3v) is 4.83. The van der Waals surface area contributed by atoms with E-state index in [9.17, 15) is 0 Å². The minimum absolute atomic E-state index is 0.616. The van der Waals surface area contributed by atoms with Crippen molar-refractivity contribution in [3.05, 3.63) is 59.7 Å². The molecule has 3 rings (SSSR count). The minimum Gasteiger partial charge on any atom is -0.354 e. The first-order valence-corrected chi connectivity index (χ1v) is 8.50. The van der Waals surface area contributed by atoms with Crippen molar-refractivity contribution in [1.82, 2.24) is 0 Å². The standard InChI is InChI=1S/C22H24O/c1-4-15-22(23-16-14-17(3)5-2)20-12-8-6-10-18(20)19-11-7-9-13-21(19)22/h6-13,17H,5,14,16H2,1-3H3. The zero-order chi connectivity index (χ0) is 16.3. The SMILES string of the molecule is CC#CC1(OCCC(C)CC)c2ccccc2-c2ccccc21. The normalized spacial score (nSPS) is 15.3. The third-order valence-electron chi connectivity index (χ3n) is 4.83. The molecule has 0 saturated heterocycles. The van der Waals surface area contributed by atoms with Gasteiger partial charge in [-0.1, -0.05) is 74.7 Å². The molecule has 0 heterocycles. The lowest BCUT2D eigenvalue weighted by Gasteiger charge is -2.27. The lowest BCUT2D eigenvalue weighted by molar-refractivity contribution is 0.0223. The van der Waals surface area contributed by atoms with Gasteiger partial charge in [0.05, 0.1) is 0 Å². The van der Waals surface area contributed by atoms with E-state index in [0.29, 0.717) is 5.92 Å². The molecule has 0 saturated carbocycles. The van der Waals surface area contributed by atoms with E-state index in [0.717, 1.165) is 13.0 Å². The first-order valence-electron chi connectivity index (χ1n) is 8.50. The number of ether oxygens (including phenoxy) is 1. The molecule has 0 radical (unpaired) electrons. The number of hydrogen-bond acceptors (Lipinski definition) is 1. The van der Waals surface area contributed by atoms with Crippen LogP contribution in [0.25, 0.3) is 11.1 Å². The molecular weight excluding hydrogens is 280 g/mol. The summed E-state index contributed by atoms with van der Waals surface area (Å²) in [4.78, 5) is 0. The molecule has 23 heavy (non-hydrogen) atoms. The second-order valence-electron chi connectivity index (χ2n) is 6.30. The lowest BCUT2D eigenvalue weighted by atomic mass is 9.91. The molecular formula is C22H24O. The topological polar surface area (TPSA) is 9.23 Å². The van der Waals surface area contributed by atoms with Crippen molar-refractivity contribution in [2.24, 2.45) is 5.92 Å². The van der Waals surface area contributed by atoms with E-state index in [1.165, 1.54) is 28.7 Å². The van der Waals surface area contributed by atoms with Crippen molar-refractivity contribution in [3.8, 4) is 23.0 Å². The molecule has 118 valence electrons. The van der Waals surface area contributed by atoms with Gasteiger partial charge in [0.15, 0.2) is 5.60 Å². The van der Waals surface area contributed by atoms with Crippen LogP contribution in [-0.2, 0) is 10.3 Å².